The van der Waals surface area contributed by atoms with Gasteiger partial charge in [0, 0.05) is 0 Å². The van der Waals surface area contributed by atoms with Crippen LogP contribution in [0.1, 0.15) is 27.8 Å². The fraction of sp³-hybridized carbons (Fsp3) is 0.217. The van der Waals surface area contributed by atoms with E-state index in [0.717, 1.165) is 25.7 Å². The lowest BCUT2D eigenvalue weighted by molar-refractivity contribution is 0.939. The molecule has 3 aromatic rings. The fourth-order valence-electron chi connectivity index (χ4n) is 2.96. The maximum absolute atomic E-state index is 2.29. The summed E-state index contributed by atoms with van der Waals surface area (Å²) in [5, 5.41) is 0. The van der Waals surface area contributed by atoms with Crippen LogP contribution in [0, 0.1) is 6.92 Å². The van der Waals surface area contributed by atoms with E-state index in [4.69, 9.17) is 0 Å². The molecule has 0 bridgehead atoms. The third-order valence-electron chi connectivity index (χ3n) is 4.35. The Morgan fingerprint density at radius 2 is 0.957 bits per heavy atom. The zero-order valence-electron chi connectivity index (χ0n) is 13.8. The summed E-state index contributed by atoms with van der Waals surface area (Å²) in [7, 11) is 0. The second kappa shape index (κ2) is 7.78. The molecule has 0 aliphatic rings. The molecular formula is C23H24. The van der Waals surface area contributed by atoms with E-state index in [2.05, 4.69) is 85.8 Å². The smallest absolute Gasteiger partial charge is 0.0238 e. The summed E-state index contributed by atoms with van der Waals surface area (Å²) in [5.74, 6) is 0. The molecule has 0 aliphatic carbocycles. The van der Waals surface area contributed by atoms with Gasteiger partial charge in [-0.05, 0) is 54.9 Å². The molecule has 0 saturated carbocycles. The summed E-state index contributed by atoms with van der Waals surface area (Å²) in [6.45, 7) is 2.16. The molecule has 0 heteroatoms. The number of hydrogen-bond acceptors (Lipinski definition) is 0. The molecule has 3 aromatic carbocycles. The van der Waals surface area contributed by atoms with Crippen molar-refractivity contribution in [1.29, 1.82) is 0 Å². The second-order valence-electron chi connectivity index (χ2n) is 6.29. The van der Waals surface area contributed by atoms with E-state index in [1.807, 2.05) is 0 Å². The summed E-state index contributed by atoms with van der Waals surface area (Å²) < 4.78 is 0. The average Bonchev–Trinajstić information content (AvgIpc) is 2.60. The highest BCUT2D eigenvalue weighted by molar-refractivity contribution is 5.27. The molecule has 0 atom stereocenters. The van der Waals surface area contributed by atoms with E-state index in [-0.39, 0.29) is 0 Å². The predicted octanol–water partition coefficient (Wildman–Crippen LogP) is 5.57. The summed E-state index contributed by atoms with van der Waals surface area (Å²) >= 11 is 0. The molecule has 0 fully saturated rings. The quantitative estimate of drug-likeness (QED) is 0.558. The van der Waals surface area contributed by atoms with Crippen molar-refractivity contribution in [2.24, 2.45) is 0 Å². The van der Waals surface area contributed by atoms with Crippen LogP contribution in [0.15, 0.2) is 78.9 Å². The predicted molar refractivity (Wildman–Crippen MR) is 98.9 cm³/mol. The number of benzene rings is 3. The van der Waals surface area contributed by atoms with E-state index in [9.17, 15) is 0 Å². The molecule has 3 rings (SSSR count). The molecule has 0 N–H and O–H groups in total. The van der Waals surface area contributed by atoms with Gasteiger partial charge in [0.25, 0.3) is 0 Å². The van der Waals surface area contributed by atoms with Gasteiger partial charge in [-0.25, -0.2) is 0 Å². The van der Waals surface area contributed by atoms with Crippen LogP contribution in [0.25, 0.3) is 0 Å². The first-order valence-electron chi connectivity index (χ1n) is 8.47. The molecule has 0 unspecified atom stereocenters. The van der Waals surface area contributed by atoms with Crippen molar-refractivity contribution in [2.75, 3.05) is 0 Å². The number of rotatable bonds is 6. The minimum Gasteiger partial charge on any atom is -0.0622 e. The Kier molecular flexibility index (Phi) is 5.26. The van der Waals surface area contributed by atoms with Crippen LogP contribution >= 0.6 is 0 Å². The molecule has 0 radical (unpaired) electrons. The van der Waals surface area contributed by atoms with Crippen molar-refractivity contribution in [3.63, 3.8) is 0 Å². The normalized spacial score (nSPS) is 10.7. The molecule has 0 aliphatic heterocycles. The van der Waals surface area contributed by atoms with Gasteiger partial charge >= 0.3 is 0 Å². The minimum atomic E-state index is 1.11. The van der Waals surface area contributed by atoms with E-state index in [1.54, 1.807) is 0 Å². The first-order chi connectivity index (χ1) is 11.3. The lowest BCUT2D eigenvalue weighted by atomic mass is 10.00. The Morgan fingerprint density at radius 1 is 0.478 bits per heavy atom. The van der Waals surface area contributed by atoms with Gasteiger partial charge in [0.05, 0.1) is 0 Å². The summed E-state index contributed by atoms with van der Waals surface area (Å²) in [5.41, 5.74) is 7.04. The van der Waals surface area contributed by atoms with Crippen molar-refractivity contribution >= 4 is 0 Å². The SMILES string of the molecule is Cc1cccc(CCc2ccc(CCc3ccccc3)cc2)c1. The molecule has 0 nitrogen and oxygen atoms in total. The van der Waals surface area contributed by atoms with Gasteiger partial charge in [-0.1, -0.05) is 84.4 Å². The van der Waals surface area contributed by atoms with Crippen LogP contribution in [-0.4, -0.2) is 0 Å². The third-order valence-corrected chi connectivity index (χ3v) is 4.35. The summed E-state index contributed by atoms with van der Waals surface area (Å²) in [6, 6.07) is 28.7. The van der Waals surface area contributed by atoms with Crippen molar-refractivity contribution in [3.8, 4) is 0 Å². The Bertz CT molecular complexity index is 724. The monoisotopic (exact) mass is 300 g/mol. The number of aryl methyl sites for hydroxylation is 5. The van der Waals surface area contributed by atoms with Gasteiger partial charge < -0.3 is 0 Å². The summed E-state index contributed by atoms with van der Waals surface area (Å²) in [6.07, 6.45) is 4.46. The van der Waals surface area contributed by atoms with Crippen molar-refractivity contribution in [2.45, 2.75) is 32.6 Å². The average molecular weight is 300 g/mol. The van der Waals surface area contributed by atoms with Crippen LogP contribution in [0.2, 0.25) is 0 Å². The maximum atomic E-state index is 2.29. The molecule has 0 heterocycles. The van der Waals surface area contributed by atoms with Crippen molar-refractivity contribution in [1.82, 2.24) is 0 Å². The highest BCUT2D eigenvalue weighted by Crippen LogP contribution is 2.12. The van der Waals surface area contributed by atoms with Gasteiger partial charge in [0.15, 0.2) is 0 Å². The standard InChI is InChI=1S/C23H24/c1-19-6-5-9-23(18-19)17-16-22-14-12-21(13-15-22)11-10-20-7-3-2-4-8-20/h2-9,12-15,18H,10-11,16-17H2,1H3. The van der Waals surface area contributed by atoms with Gasteiger partial charge in [0.2, 0.25) is 0 Å². The van der Waals surface area contributed by atoms with Gasteiger partial charge in [0.1, 0.15) is 0 Å². The third kappa shape index (κ3) is 4.82. The summed E-state index contributed by atoms with van der Waals surface area (Å²) in [4.78, 5) is 0. The number of hydrogen-bond donors (Lipinski definition) is 0. The fourth-order valence-corrected chi connectivity index (χ4v) is 2.96. The molecular weight excluding hydrogens is 276 g/mol. The molecule has 116 valence electrons. The topological polar surface area (TPSA) is 0 Å². The lowest BCUT2D eigenvalue weighted by Gasteiger charge is -2.06. The molecule has 0 aromatic heterocycles. The van der Waals surface area contributed by atoms with E-state index in [1.165, 1.54) is 27.8 Å². The van der Waals surface area contributed by atoms with Crippen LogP contribution in [0.5, 0.6) is 0 Å². The Labute approximate surface area is 139 Å². The van der Waals surface area contributed by atoms with E-state index >= 15 is 0 Å². The zero-order valence-corrected chi connectivity index (χ0v) is 13.8. The lowest BCUT2D eigenvalue weighted by Crippen LogP contribution is -1.94. The maximum Gasteiger partial charge on any atom is -0.0238 e. The minimum absolute atomic E-state index is 1.11. The Hall–Kier alpha value is -2.34. The largest absolute Gasteiger partial charge is 0.0622 e. The first kappa shape index (κ1) is 15.6. The molecule has 0 spiro atoms. The Balaban J connectivity index is 1.52. The van der Waals surface area contributed by atoms with E-state index in [0.29, 0.717) is 0 Å². The molecule has 0 amide bonds. The van der Waals surface area contributed by atoms with Crippen molar-refractivity contribution < 1.29 is 0 Å². The molecule has 23 heavy (non-hydrogen) atoms. The second-order valence-corrected chi connectivity index (χ2v) is 6.29. The Morgan fingerprint density at radius 3 is 1.52 bits per heavy atom. The van der Waals surface area contributed by atoms with E-state index < -0.39 is 0 Å². The highest BCUT2D eigenvalue weighted by Gasteiger charge is 1.99. The van der Waals surface area contributed by atoms with Crippen LogP contribution < -0.4 is 0 Å². The highest BCUT2D eigenvalue weighted by atomic mass is 14.0. The van der Waals surface area contributed by atoms with Gasteiger partial charge in [-0.3, -0.25) is 0 Å². The van der Waals surface area contributed by atoms with Crippen LogP contribution in [-0.2, 0) is 25.7 Å². The van der Waals surface area contributed by atoms with Crippen LogP contribution in [0.3, 0.4) is 0 Å². The van der Waals surface area contributed by atoms with Gasteiger partial charge in [-0.15, -0.1) is 0 Å². The zero-order chi connectivity index (χ0) is 15.9. The first-order valence-corrected chi connectivity index (χ1v) is 8.47. The van der Waals surface area contributed by atoms with Gasteiger partial charge in [-0.2, -0.15) is 0 Å². The molecule has 0 saturated heterocycles. The van der Waals surface area contributed by atoms with Crippen LogP contribution in [0.4, 0.5) is 0 Å². The van der Waals surface area contributed by atoms with Crippen molar-refractivity contribution in [3.05, 3.63) is 107 Å².